The summed E-state index contributed by atoms with van der Waals surface area (Å²) in [6.07, 6.45) is 0.998. The largest absolute Gasteiger partial charge is 0.387 e. The molecular formula is C6H11FO. The van der Waals surface area contributed by atoms with E-state index in [1.165, 1.54) is 0 Å². The fraction of sp³-hybridized carbons (Fsp3) is 1.00. The summed E-state index contributed by atoms with van der Waals surface area (Å²) in [4.78, 5) is 0. The molecular weight excluding hydrogens is 107 g/mol. The Morgan fingerprint density at radius 1 is 1.75 bits per heavy atom. The maximum absolute atomic E-state index is 12.5. The van der Waals surface area contributed by atoms with E-state index in [1.54, 1.807) is 6.92 Å². The minimum Gasteiger partial charge on any atom is -0.387 e. The van der Waals surface area contributed by atoms with E-state index in [2.05, 4.69) is 0 Å². The molecule has 0 radical (unpaired) electrons. The van der Waals surface area contributed by atoms with Crippen molar-refractivity contribution >= 4 is 0 Å². The Balaban J connectivity index is 2.54. The van der Waals surface area contributed by atoms with Gasteiger partial charge in [0, 0.05) is 0 Å². The van der Waals surface area contributed by atoms with Gasteiger partial charge in [0.05, 0.1) is 5.60 Å². The van der Waals surface area contributed by atoms with Crippen molar-refractivity contribution in [1.29, 1.82) is 0 Å². The highest BCUT2D eigenvalue weighted by atomic mass is 19.1. The molecule has 0 amide bonds. The van der Waals surface area contributed by atoms with Crippen LogP contribution in [0.3, 0.4) is 0 Å². The summed E-state index contributed by atoms with van der Waals surface area (Å²) in [6, 6.07) is 0. The third-order valence-electron chi connectivity index (χ3n) is 1.82. The maximum Gasteiger partial charge on any atom is 0.128 e. The molecule has 0 spiro atoms. The molecule has 1 aliphatic carbocycles. The minimum atomic E-state index is -1.01. The van der Waals surface area contributed by atoms with Gasteiger partial charge in [0.15, 0.2) is 0 Å². The topological polar surface area (TPSA) is 20.2 Å². The van der Waals surface area contributed by atoms with Gasteiger partial charge in [0.1, 0.15) is 6.17 Å². The van der Waals surface area contributed by atoms with Crippen LogP contribution in [-0.4, -0.2) is 16.9 Å². The van der Waals surface area contributed by atoms with Crippen LogP contribution in [0.1, 0.15) is 26.2 Å². The van der Waals surface area contributed by atoms with E-state index in [-0.39, 0.29) is 0 Å². The SMILES string of the molecule is CC1(O)CCCC1F. The third-order valence-corrected chi connectivity index (χ3v) is 1.82. The van der Waals surface area contributed by atoms with Gasteiger partial charge in [-0.2, -0.15) is 0 Å². The van der Waals surface area contributed by atoms with Gasteiger partial charge in [-0.25, -0.2) is 4.39 Å². The molecule has 0 saturated heterocycles. The standard InChI is InChI=1S/C6H11FO/c1-6(8)4-2-3-5(6)7/h5,8H,2-4H2,1H3. The van der Waals surface area contributed by atoms with Crippen LogP contribution in [-0.2, 0) is 0 Å². The predicted octanol–water partition coefficient (Wildman–Crippen LogP) is 1.26. The second-order valence-electron chi connectivity index (χ2n) is 2.72. The lowest BCUT2D eigenvalue weighted by molar-refractivity contribution is 0.00343. The average molecular weight is 118 g/mol. The third kappa shape index (κ3) is 0.848. The van der Waals surface area contributed by atoms with Crippen molar-refractivity contribution in [2.24, 2.45) is 0 Å². The van der Waals surface area contributed by atoms with Gasteiger partial charge in [0.25, 0.3) is 0 Å². The highest BCUT2D eigenvalue weighted by Crippen LogP contribution is 2.31. The van der Waals surface area contributed by atoms with E-state index < -0.39 is 11.8 Å². The Morgan fingerprint density at radius 3 is 2.50 bits per heavy atom. The van der Waals surface area contributed by atoms with Crippen LogP contribution in [0, 0.1) is 0 Å². The van der Waals surface area contributed by atoms with E-state index in [1.807, 2.05) is 0 Å². The summed E-state index contributed by atoms with van der Waals surface area (Å²) in [6.45, 7) is 1.56. The van der Waals surface area contributed by atoms with Crippen molar-refractivity contribution in [2.75, 3.05) is 0 Å². The number of aliphatic hydroxyl groups is 1. The highest BCUT2D eigenvalue weighted by Gasteiger charge is 2.36. The molecule has 1 fully saturated rings. The number of halogens is 1. The molecule has 1 aliphatic rings. The van der Waals surface area contributed by atoms with Gasteiger partial charge >= 0.3 is 0 Å². The van der Waals surface area contributed by atoms with E-state index in [9.17, 15) is 4.39 Å². The van der Waals surface area contributed by atoms with Gasteiger partial charge < -0.3 is 5.11 Å². The van der Waals surface area contributed by atoms with Crippen LogP contribution in [0.2, 0.25) is 0 Å². The molecule has 8 heavy (non-hydrogen) atoms. The van der Waals surface area contributed by atoms with Gasteiger partial charge in [-0.15, -0.1) is 0 Å². The summed E-state index contributed by atoms with van der Waals surface area (Å²) in [5.41, 5.74) is -1.01. The molecule has 0 aromatic heterocycles. The smallest absolute Gasteiger partial charge is 0.128 e. The maximum atomic E-state index is 12.5. The van der Waals surface area contributed by atoms with Crippen LogP contribution in [0.25, 0.3) is 0 Å². The Hall–Kier alpha value is -0.110. The Labute approximate surface area is 48.5 Å². The van der Waals surface area contributed by atoms with Gasteiger partial charge in [-0.05, 0) is 26.2 Å². The molecule has 0 aromatic rings. The molecule has 0 bridgehead atoms. The van der Waals surface area contributed by atoms with E-state index in [0.29, 0.717) is 12.8 Å². The fourth-order valence-electron chi connectivity index (χ4n) is 1.11. The summed E-state index contributed by atoms with van der Waals surface area (Å²) in [5, 5.41) is 9.09. The van der Waals surface area contributed by atoms with Crippen LogP contribution >= 0.6 is 0 Å². The zero-order valence-corrected chi connectivity index (χ0v) is 5.02. The molecule has 1 rings (SSSR count). The van der Waals surface area contributed by atoms with Crippen molar-refractivity contribution in [3.63, 3.8) is 0 Å². The molecule has 1 N–H and O–H groups in total. The first-order valence-electron chi connectivity index (χ1n) is 2.99. The fourth-order valence-corrected chi connectivity index (χ4v) is 1.11. The van der Waals surface area contributed by atoms with Gasteiger partial charge in [0.2, 0.25) is 0 Å². The lowest BCUT2D eigenvalue weighted by atomic mass is 10.1. The van der Waals surface area contributed by atoms with E-state index in [0.717, 1.165) is 6.42 Å². The summed E-state index contributed by atoms with van der Waals surface area (Å²) >= 11 is 0. The molecule has 2 heteroatoms. The Bertz CT molecular complexity index is 90.5. The summed E-state index contributed by atoms with van der Waals surface area (Å²) in [7, 11) is 0. The molecule has 1 saturated carbocycles. The second kappa shape index (κ2) is 1.69. The zero-order chi connectivity index (χ0) is 6.20. The van der Waals surface area contributed by atoms with Crippen molar-refractivity contribution in [1.82, 2.24) is 0 Å². The molecule has 0 aliphatic heterocycles. The monoisotopic (exact) mass is 118 g/mol. The highest BCUT2D eigenvalue weighted by molar-refractivity contribution is 4.88. The van der Waals surface area contributed by atoms with E-state index in [4.69, 9.17) is 5.11 Å². The number of alkyl halides is 1. The molecule has 0 aromatic carbocycles. The van der Waals surface area contributed by atoms with Crippen LogP contribution in [0.4, 0.5) is 4.39 Å². The Kier molecular flexibility index (Phi) is 1.27. The zero-order valence-electron chi connectivity index (χ0n) is 5.02. The number of hydrogen-bond donors (Lipinski definition) is 1. The first kappa shape index (κ1) is 6.02. The van der Waals surface area contributed by atoms with Crippen molar-refractivity contribution in [3.8, 4) is 0 Å². The van der Waals surface area contributed by atoms with E-state index >= 15 is 0 Å². The molecule has 2 atom stereocenters. The molecule has 1 nitrogen and oxygen atoms in total. The van der Waals surface area contributed by atoms with Crippen LogP contribution < -0.4 is 0 Å². The van der Waals surface area contributed by atoms with Crippen LogP contribution in [0.5, 0.6) is 0 Å². The predicted molar refractivity (Wildman–Crippen MR) is 29.4 cm³/mol. The lowest BCUT2D eigenvalue weighted by Gasteiger charge is -2.17. The molecule has 0 heterocycles. The van der Waals surface area contributed by atoms with Crippen molar-refractivity contribution in [3.05, 3.63) is 0 Å². The first-order valence-corrected chi connectivity index (χ1v) is 2.99. The normalized spacial score (nSPS) is 47.6. The summed E-state index contributed by atoms with van der Waals surface area (Å²) in [5.74, 6) is 0. The van der Waals surface area contributed by atoms with Crippen molar-refractivity contribution in [2.45, 2.75) is 38.0 Å². The molecule has 48 valence electrons. The van der Waals surface area contributed by atoms with Crippen molar-refractivity contribution < 1.29 is 9.50 Å². The summed E-state index contributed by atoms with van der Waals surface area (Å²) < 4.78 is 12.5. The van der Waals surface area contributed by atoms with Crippen LogP contribution in [0.15, 0.2) is 0 Å². The number of hydrogen-bond acceptors (Lipinski definition) is 1. The second-order valence-corrected chi connectivity index (χ2v) is 2.72. The minimum absolute atomic E-state index is 0.535. The van der Waals surface area contributed by atoms with Gasteiger partial charge in [-0.1, -0.05) is 0 Å². The molecule has 2 unspecified atom stereocenters. The number of rotatable bonds is 0. The lowest BCUT2D eigenvalue weighted by Crippen LogP contribution is -2.29. The first-order chi connectivity index (χ1) is 3.63. The average Bonchev–Trinajstić information content (AvgIpc) is 1.86. The van der Waals surface area contributed by atoms with Gasteiger partial charge in [-0.3, -0.25) is 0 Å². The quantitative estimate of drug-likeness (QED) is 0.507. The Morgan fingerprint density at radius 2 is 2.38 bits per heavy atom.